The lowest BCUT2D eigenvalue weighted by Crippen LogP contribution is -2.19. The predicted molar refractivity (Wildman–Crippen MR) is 57.9 cm³/mol. The van der Waals surface area contributed by atoms with Crippen LogP contribution in [0.25, 0.3) is 0 Å². The molecule has 0 fully saturated rings. The quantitative estimate of drug-likeness (QED) is 0.599. The van der Waals surface area contributed by atoms with E-state index in [0.29, 0.717) is 0 Å². The van der Waals surface area contributed by atoms with Gasteiger partial charge in [0.2, 0.25) is 0 Å². The van der Waals surface area contributed by atoms with Crippen LogP contribution in [0.1, 0.15) is 39.5 Å². The molecule has 1 N–H and O–H groups in total. The molecule has 0 aliphatic heterocycles. The van der Waals surface area contributed by atoms with Crippen molar-refractivity contribution in [3.8, 4) is 0 Å². The van der Waals surface area contributed by atoms with Crippen LogP contribution in [0.4, 0.5) is 0 Å². The lowest BCUT2D eigenvalue weighted by atomic mass is 9.99. The monoisotopic (exact) mass is 268 g/mol. The van der Waals surface area contributed by atoms with Crippen molar-refractivity contribution in [3.05, 3.63) is 10.2 Å². The van der Waals surface area contributed by atoms with E-state index in [4.69, 9.17) is 0 Å². The molecule has 0 aromatic carbocycles. The van der Waals surface area contributed by atoms with E-state index in [1.54, 1.807) is 0 Å². The van der Waals surface area contributed by atoms with Crippen LogP contribution < -0.4 is 0 Å². The summed E-state index contributed by atoms with van der Waals surface area (Å²) in [6.07, 6.45) is 6.27. The molecule has 0 bridgehead atoms. The van der Waals surface area contributed by atoms with Crippen molar-refractivity contribution in [1.82, 2.24) is 0 Å². The normalized spacial score (nSPS) is 17.1. The molecule has 1 atom stereocenters. The SMILES string of the molecule is CCCCCC(C)(O)C=CI. The highest BCUT2D eigenvalue weighted by molar-refractivity contribution is 14.1. The van der Waals surface area contributed by atoms with Crippen LogP contribution in [0.2, 0.25) is 0 Å². The summed E-state index contributed by atoms with van der Waals surface area (Å²) in [6.45, 7) is 4.03. The van der Waals surface area contributed by atoms with Crippen LogP contribution >= 0.6 is 22.6 Å². The van der Waals surface area contributed by atoms with E-state index < -0.39 is 5.60 Å². The zero-order valence-electron chi connectivity index (χ0n) is 7.31. The van der Waals surface area contributed by atoms with Gasteiger partial charge in [-0.3, -0.25) is 0 Å². The minimum atomic E-state index is -0.587. The van der Waals surface area contributed by atoms with Crippen molar-refractivity contribution in [3.63, 3.8) is 0 Å². The van der Waals surface area contributed by atoms with Gasteiger partial charge in [0.05, 0.1) is 5.60 Å². The first kappa shape index (κ1) is 11.4. The summed E-state index contributed by atoms with van der Waals surface area (Å²) in [4.78, 5) is 0. The molecule has 0 aliphatic carbocycles. The second-order valence-electron chi connectivity index (χ2n) is 3.11. The van der Waals surface area contributed by atoms with Gasteiger partial charge in [0.1, 0.15) is 0 Å². The van der Waals surface area contributed by atoms with Gasteiger partial charge in [-0.15, -0.1) is 0 Å². The maximum atomic E-state index is 9.65. The van der Waals surface area contributed by atoms with Crippen LogP contribution in [-0.2, 0) is 0 Å². The van der Waals surface area contributed by atoms with E-state index >= 15 is 0 Å². The van der Waals surface area contributed by atoms with Crippen LogP contribution in [0.15, 0.2) is 10.2 Å². The number of unbranched alkanes of at least 4 members (excludes halogenated alkanes) is 2. The fourth-order valence-corrected chi connectivity index (χ4v) is 1.73. The van der Waals surface area contributed by atoms with Crippen molar-refractivity contribution in [2.45, 2.75) is 45.1 Å². The summed E-state index contributed by atoms with van der Waals surface area (Å²) in [5.41, 5.74) is -0.587. The van der Waals surface area contributed by atoms with Gasteiger partial charge in [-0.1, -0.05) is 48.8 Å². The molecule has 66 valence electrons. The first-order valence-corrected chi connectivity index (χ1v) is 5.37. The molecule has 0 saturated carbocycles. The molecular weight excluding hydrogens is 251 g/mol. The number of hydrogen-bond donors (Lipinski definition) is 1. The summed E-state index contributed by atoms with van der Waals surface area (Å²) in [5, 5.41) is 9.65. The number of rotatable bonds is 5. The highest BCUT2D eigenvalue weighted by atomic mass is 127. The molecule has 0 aliphatic rings. The van der Waals surface area contributed by atoms with Gasteiger partial charge >= 0.3 is 0 Å². The van der Waals surface area contributed by atoms with Crippen LogP contribution in [0, 0.1) is 0 Å². The second-order valence-corrected chi connectivity index (χ2v) is 3.83. The topological polar surface area (TPSA) is 20.2 Å². The van der Waals surface area contributed by atoms with Crippen molar-refractivity contribution in [1.29, 1.82) is 0 Å². The standard InChI is InChI=1S/C9H17IO/c1-3-4-5-6-9(2,11)7-8-10/h7-8,11H,3-6H2,1-2H3. The Labute approximate surface area is 83.0 Å². The van der Waals surface area contributed by atoms with Gasteiger partial charge in [-0.05, 0) is 23.5 Å². The van der Waals surface area contributed by atoms with E-state index in [-0.39, 0.29) is 0 Å². The first-order valence-electron chi connectivity index (χ1n) is 4.12. The van der Waals surface area contributed by atoms with Crippen LogP contribution in [-0.4, -0.2) is 10.7 Å². The third-order valence-electron chi connectivity index (χ3n) is 1.71. The van der Waals surface area contributed by atoms with Crippen molar-refractivity contribution in [2.75, 3.05) is 0 Å². The van der Waals surface area contributed by atoms with E-state index in [1.807, 2.05) is 17.1 Å². The lowest BCUT2D eigenvalue weighted by Gasteiger charge is -2.17. The van der Waals surface area contributed by atoms with Crippen molar-refractivity contribution < 1.29 is 5.11 Å². The Balaban J connectivity index is 3.55. The second kappa shape index (κ2) is 6.00. The molecule has 1 unspecified atom stereocenters. The zero-order chi connectivity index (χ0) is 8.74. The first-order chi connectivity index (χ1) is 5.12. The Bertz CT molecular complexity index is 119. The fraction of sp³-hybridized carbons (Fsp3) is 0.778. The molecule has 0 heterocycles. The molecule has 0 aromatic rings. The zero-order valence-corrected chi connectivity index (χ0v) is 9.47. The average molecular weight is 268 g/mol. The summed E-state index contributed by atoms with van der Waals surface area (Å²) in [7, 11) is 0. The molecule has 2 heteroatoms. The largest absolute Gasteiger partial charge is 0.386 e. The molecule has 0 saturated heterocycles. The van der Waals surface area contributed by atoms with Gasteiger partial charge in [-0.25, -0.2) is 0 Å². The van der Waals surface area contributed by atoms with E-state index in [2.05, 4.69) is 29.5 Å². The van der Waals surface area contributed by atoms with Gasteiger partial charge < -0.3 is 5.11 Å². The summed E-state index contributed by atoms with van der Waals surface area (Å²) < 4.78 is 1.88. The van der Waals surface area contributed by atoms with Gasteiger partial charge in [0, 0.05) is 0 Å². The highest BCUT2D eigenvalue weighted by Gasteiger charge is 2.14. The maximum Gasteiger partial charge on any atom is 0.0807 e. The smallest absolute Gasteiger partial charge is 0.0807 e. The number of halogens is 1. The maximum absolute atomic E-state index is 9.65. The molecule has 1 nitrogen and oxygen atoms in total. The summed E-state index contributed by atoms with van der Waals surface area (Å²) in [5.74, 6) is 0. The van der Waals surface area contributed by atoms with Gasteiger partial charge in [0.15, 0.2) is 0 Å². The van der Waals surface area contributed by atoms with Gasteiger partial charge in [0.25, 0.3) is 0 Å². The Morgan fingerprint density at radius 2 is 2.09 bits per heavy atom. The summed E-state index contributed by atoms with van der Waals surface area (Å²) >= 11 is 2.13. The Morgan fingerprint density at radius 1 is 1.45 bits per heavy atom. The van der Waals surface area contributed by atoms with Gasteiger partial charge in [-0.2, -0.15) is 0 Å². The van der Waals surface area contributed by atoms with Crippen LogP contribution in [0.5, 0.6) is 0 Å². The average Bonchev–Trinajstić information content (AvgIpc) is 1.87. The predicted octanol–water partition coefficient (Wildman–Crippen LogP) is 3.27. The molecule has 0 spiro atoms. The minimum Gasteiger partial charge on any atom is -0.386 e. The highest BCUT2D eigenvalue weighted by Crippen LogP contribution is 2.16. The van der Waals surface area contributed by atoms with Crippen LogP contribution in [0.3, 0.4) is 0 Å². The Hall–Kier alpha value is 0.430. The van der Waals surface area contributed by atoms with E-state index in [0.717, 1.165) is 12.8 Å². The Morgan fingerprint density at radius 3 is 2.55 bits per heavy atom. The van der Waals surface area contributed by atoms with E-state index in [9.17, 15) is 5.11 Å². The van der Waals surface area contributed by atoms with Crippen molar-refractivity contribution >= 4 is 22.6 Å². The number of hydrogen-bond acceptors (Lipinski definition) is 1. The molecule has 0 rings (SSSR count). The third-order valence-corrected chi connectivity index (χ3v) is 2.07. The fourth-order valence-electron chi connectivity index (χ4n) is 0.952. The number of aliphatic hydroxyl groups is 1. The molecule has 11 heavy (non-hydrogen) atoms. The summed E-state index contributed by atoms with van der Waals surface area (Å²) in [6, 6.07) is 0. The molecule has 0 aromatic heterocycles. The molecule has 0 amide bonds. The van der Waals surface area contributed by atoms with E-state index in [1.165, 1.54) is 12.8 Å². The minimum absolute atomic E-state index is 0.587. The lowest BCUT2D eigenvalue weighted by molar-refractivity contribution is 0.0989. The van der Waals surface area contributed by atoms with Crippen molar-refractivity contribution in [2.24, 2.45) is 0 Å². The third kappa shape index (κ3) is 6.81. The molecule has 0 radical (unpaired) electrons. The Kier molecular flexibility index (Phi) is 6.24. The molecular formula is C9H17IO.